The summed E-state index contributed by atoms with van der Waals surface area (Å²) in [5.74, 6) is -0.471. The summed E-state index contributed by atoms with van der Waals surface area (Å²) >= 11 is 1.49. The smallest absolute Gasteiger partial charge is 0.259 e. The van der Waals surface area contributed by atoms with Crippen molar-refractivity contribution < 1.29 is 23.8 Å². The zero-order chi connectivity index (χ0) is 22.8. The third-order valence-electron chi connectivity index (χ3n) is 4.86. The van der Waals surface area contributed by atoms with E-state index in [1.165, 1.54) is 23.5 Å². The van der Waals surface area contributed by atoms with Crippen molar-refractivity contribution in [2.24, 2.45) is 0 Å². The predicted molar refractivity (Wildman–Crippen MR) is 122 cm³/mol. The van der Waals surface area contributed by atoms with Gasteiger partial charge in [0.2, 0.25) is 0 Å². The summed E-state index contributed by atoms with van der Waals surface area (Å²) in [7, 11) is 0. The zero-order valence-corrected chi connectivity index (χ0v) is 18.8. The molecule has 2 aromatic carbocycles. The molecule has 1 aliphatic heterocycles. The molecule has 168 valence electrons. The van der Waals surface area contributed by atoms with Gasteiger partial charge in [-0.3, -0.25) is 4.79 Å². The number of aromatic nitrogens is 1. The van der Waals surface area contributed by atoms with Crippen molar-refractivity contribution in [2.45, 2.75) is 32.9 Å². The Labute approximate surface area is 189 Å². The summed E-state index contributed by atoms with van der Waals surface area (Å²) in [6.45, 7) is 5.65. The number of halogens is 1. The first kappa shape index (κ1) is 22.0. The number of nitrogens with zero attached hydrogens (tertiary/aromatic N) is 2. The molecule has 7 nitrogen and oxygen atoms in total. The maximum atomic E-state index is 14.3. The lowest BCUT2D eigenvalue weighted by atomic mass is 10.1. The fourth-order valence-electron chi connectivity index (χ4n) is 3.47. The van der Waals surface area contributed by atoms with Crippen molar-refractivity contribution in [1.82, 2.24) is 4.98 Å². The molecule has 3 aromatic rings. The number of fused-ring (bicyclic) bond motifs is 1. The van der Waals surface area contributed by atoms with Gasteiger partial charge in [0.15, 0.2) is 22.4 Å². The van der Waals surface area contributed by atoms with Gasteiger partial charge < -0.3 is 24.8 Å². The number of aliphatic hydroxyl groups excluding tert-OH is 1. The maximum Gasteiger partial charge on any atom is 0.259 e. The van der Waals surface area contributed by atoms with Crippen LogP contribution < -0.4 is 19.7 Å². The van der Waals surface area contributed by atoms with Crippen LogP contribution in [0.5, 0.6) is 11.5 Å². The number of para-hydroxylation sites is 1. The Kier molecular flexibility index (Phi) is 6.29. The number of amides is 1. The zero-order valence-electron chi connectivity index (χ0n) is 18.0. The topological polar surface area (TPSA) is 83.9 Å². The Bertz CT molecular complexity index is 1130. The van der Waals surface area contributed by atoms with E-state index in [0.717, 1.165) is 4.88 Å². The van der Waals surface area contributed by atoms with Crippen LogP contribution in [-0.2, 0) is 0 Å². The van der Waals surface area contributed by atoms with Crippen molar-refractivity contribution in [3.8, 4) is 11.5 Å². The Balaban J connectivity index is 1.63. The lowest BCUT2D eigenvalue weighted by Crippen LogP contribution is -2.42. The van der Waals surface area contributed by atoms with Crippen LogP contribution in [0.3, 0.4) is 0 Å². The van der Waals surface area contributed by atoms with Crippen LogP contribution in [0.1, 0.15) is 29.1 Å². The van der Waals surface area contributed by atoms with E-state index in [1.54, 1.807) is 24.4 Å². The molecule has 9 heteroatoms. The van der Waals surface area contributed by atoms with E-state index < -0.39 is 11.7 Å². The van der Waals surface area contributed by atoms with Crippen LogP contribution in [0, 0.1) is 12.7 Å². The van der Waals surface area contributed by atoms with Crippen LogP contribution in [-0.4, -0.2) is 41.4 Å². The molecular formula is C23H24FN3O4S. The van der Waals surface area contributed by atoms with Crippen LogP contribution in [0.15, 0.2) is 42.6 Å². The Hall–Kier alpha value is -3.17. The number of benzene rings is 2. The van der Waals surface area contributed by atoms with Crippen LogP contribution >= 0.6 is 11.3 Å². The van der Waals surface area contributed by atoms with Crippen molar-refractivity contribution >= 4 is 33.8 Å². The van der Waals surface area contributed by atoms with E-state index in [2.05, 4.69) is 10.3 Å². The lowest BCUT2D eigenvalue weighted by Gasteiger charge is -2.36. The molecule has 0 aliphatic carbocycles. The van der Waals surface area contributed by atoms with Gasteiger partial charge in [0.1, 0.15) is 6.61 Å². The van der Waals surface area contributed by atoms with Crippen LogP contribution in [0.25, 0.3) is 0 Å². The first-order chi connectivity index (χ1) is 15.4. The molecule has 0 radical (unpaired) electrons. The fourth-order valence-corrected chi connectivity index (χ4v) is 4.31. The number of thiazole rings is 1. The van der Waals surface area contributed by atoms with E-state index in [-0.39, 0.29) is 31.1 Å². The number of hydrogen-bond donors (Lipinski definition) is 2. The minimum Gasteiger partial charge on any atom is -0.488 e. The number of aryl methyl sites for hydroxylation is 1. The highest BCUT2D eigenvalue weighted by Crippen LogP contribution is 2.42. The van der Waals surface area contributed by atoms with E-state index in [9.17, 15) is 14.3 Å². The Morgan fingerprint density at radius 2 is 2.22 bits per heavy atom. The molecule has 0 saturated carbocycles. The second-order valence-electron chi connectivity index (χ2n) is 7.69. The molecule has 2 heterocycles. The van der Waals surface area contributed by atoms with E-state index in [1.807, 2.05) is 31.7 Å². The molecule has 1 aromatic heterocycles. The summed E-state index contributed by atoms with van der Waals surface area (Å²) in [6, 6.07) is 9.17. The SMILES string of the molecule is Cc1cnc(N2c3cccc(C(=O)Nc4ccc(OC(C)C)c(F)c4)c3OC[C@@H]2CO)s1. The fraction of sp³-hybridized carbons (Fsp3) is 0.304. The van der Waals surface area contributed by atoms with E-state index in [4.69, 9.17) is 9.47 Å². The largest absolute Gasteiger partial charge is 0.488 e. The first-order valence-corrected chi connectivity index (χ1v) is 11.0. The third kappa shape index (κ3) is 4.39. The highest BCUT2D eigenvalue weighted by Gasteiger charge is 2.33. The highest BCUT2D eigenvalue weighted by atomic mass is 32.1. The molecule has 0 bridgehead atoms. The third-order valence-corrected chi connectivity index (χ3v) is 5.77. The standard InChI is InChI=1S/C23H24FN3O4S/c1-13(2)31-20-8-7-15(9-18(20)24)26-22(29)17-5-4-6-19-21(17)30-12-16(11-28)27(19)23-25-10-14(3)32-23/h4-10,13,16,28H,11-12H2,1-3H3,(H,26,29)/t16-/m0/s1. The molecule has 0 unspecified atom stereocenters. The summed E-state index contributed by atoms with van der Waals surface area (Å²) in [5.41, 5.74) is 1.25. The van der Waals surface area contributed by atoms with Gasteiger partial charge in [0.05, 0.1) is 30.0 Å². The van der Waals surface area contributed by atoms with Crippen LogP contribution in [0.4, 0.5) is 20.9 Å². The Morgan fingerprint density at radius 1 is 1.41 bits per heavy atom. The summed E-state index contributed by atoms with van der Waals surface area (Å²) in [4.78, 5) is 20.4. The molecular weight excluding hydrogens is 433 g/mol. The number of ether oxygens (including phenoxy) is 2. The van der Waals surface area contributed by atoms with Gasteiger partial charge in [-0.05, 0) is 45.0 Å². The molecule has 1 aliphatic rings. The number of carbonyl (C=O) groups excluding carboxylic acids is 1. The monoisotopic (exact) mass is 457 g/mol. The minimum absolute atomic E-state index is 0.126. The molecule has 1 atom stereocenters. The van der Waals surface area contributed by atoms with Crippen LogP contribution in [0.2, 0.25) is 0 Å². The second kappa shape index (κ2) is 9.13. The molecule has 0 spiro atoms. The number of aliphatic hydroxyl groups is 1. The van der Waals surface area contributed by atoms with E-state index in [0.29, 0.717) is 27.8 Å². The van der Waals surface area contributed by atoms with Crippen molar-refractivity contribution in [1.29, 1.82) is 0 Å². The first-order valence-electron chi connectivity index (χ1n) is 10.2. The average molecular weight is 458 g/mol. The van der Waals surface area contributed by atoms with Gasteiger partial charge in [0, 0.05) is 22.8 Å². The quantitative estimate of drug-likeness (QED) is 0.566. The number of anilines is 3. The van der Waals surface area contributed by atoms with Gasteiger partial charge in [0.25, 0.3) is 5.91 Å². The molecule has 0 fully saturated rings. The Morgan fingerprint density at radius 3 is 2.88 bits per heavy atom. The lowest BCUT2D eigenvalue weighted by molar-refractivity contribution is 0.102. The average Bonchev–Trinajstić information content (AvgIpc) is 3.19. The number of hydrogen-bond acceptors (Lipinski definition) is 7. The van der Waals surface area contributed by atoms with Gasteiger partial charge in [-0.15, -0.1) is 11.3 Å². The number of nitrogens with one attached hydrogen (secondary N) is 1. The van der Waals surface area contributed by atoms with Gasteiger partial charge in [-0.2, -0.15) is 0 Å². The summed E-state index contributed by atoms with van der Waals surface area (Å²) in [6.07, 6.45) is 1.60. The van der Waals surface area contributed by atoms with Gasteiger partial charge in [-0.25, -0.2) is 9.37 Å². The number of carbonyl (C=O) groups is 1. The molecule has 32 heavy (non-hydrogen) atoms. The van der Waals surface area contributed by atoms with Crippen molar-refractivity contribution in [2.75, 3.05) is 23.4 Å². The molecule has 1 amide bonds. The van der Waals surface area contributed by atoms with Gasteiger partial charge >= 0.3 is 0 Å². The molecule has 4 rings (SSSR count). The van der Waals surface area contributed by atoms with Gasteiger partial charge in [-0.1, -0.05) is 6.07 Å². The van der Waals surface area contributed by atoms with Crippen molar-refractivity contribution in [3.05, 3.63) is 58.9 Å². The predicted octanol–water partition coefficient (Wildman–Crippen LogP) is 4.52. The molecule has 2 N–H and O–H groups in total. The normalized spacial score (nSPS) is 15.3. The second-order valence-corrected chi connectivity index (χ2v) is 8.90. The summed E-state index contributed by atoms with van der Waals surface area (Å²) in [5, 5.41) is 13.3. The minimum atomic E-state index is -0.557. The number of rotatable bonds is 6. The summed E-state index contributed by atoms with van der Waals surface area (Å²) < 4.78 is 25.6. The maximum absolute atomic E-state index is 14.3. The molecule has 0 saturated heterocycles. The van der Waals surface area contributed by atoms with Crippen molar-refractivity contribution in [3.63, 3.8) is 0 Å². The van der Waals surface area contributed by atoms with E-state index >= 15 is 0 Å². The highest BCUT2D eigenvalue weighted by molar-refractivity contribution is 7.15.